The molecule has 7 aromatic carbocycles. The molecule has 0 heterocycles. The van der Waals surface area contributed by atoms with Crippen molar-refractivity contribution in [1.29, 1.82) is 0 Å². The Morgan fingerprint density at radius 3 is 0.820 bits per heavy atom. The fraction of sp³-hybridized carbons (Fsp3) is 0.0870. The third-order valence-electron chi connectivity index (χ3n) is 8.92. The minimum Gasteiger partial charge on any atom is -0.497 e. The standard InChI is InChI=1S/C46H40N2O2/c1-49-45-29-25-43(26-30-45)47(39-9-5-3-6-10-39)41-21-17-37(18-22-41)33-35-13-15-36(16-14-35)34-38-19-23-42(24-20-38)48(40-11-7-4-8-12-40)44-27-31-46(50-2)32-28-44/h3-32H,33-34H2,1-2H3. The van der Waals surface area contributed by atoms with Crippen LogP contribution in [0.2, 0.25) is 0 Å². The number of anilines is 6. The van der Waals surface area contributed by atoms with E-state index in [0.717, 1.165) is 58.5 Å². The number of benzene rings is 7. The van der Waals surface area contributed by atoms with Crippen LogP contribution in [0.1, 0.15) is 22.3 Å². The van der Waals surface area contributed by atoms with Crippen LogP contribution < -0.4 is 19.3 Å². The van der Waals surface area contributed by atoms with Crippen LogP contribution in [0.3, 0.4) is 0 Å². The van der Waals surface area contributed by atoms with Gasteiger partial charge in [-0.15, -0.1) is 0 Å². The molecular weight excluding hydrogens is 613 g/mol. The van der Waals surface area contributed by atoms with Crippen molar-refractivity contribution in [2.45, 2.75) is 12.8 Å². The van der Waals surface area contributed by atoms with Crippen molar-refractivity contribution < 1.29 is 9.47 Å². The molecule has 0 saturated carbocycles. The predicted octanol–water partition coefficient (Wildman–Crippen LogP) is 11.8. The molecule has 50 heavy (non-hydrogen) atoms. The molecule has 0 aromatic heterocycles. The Hall–Kier alpha value is -6.26. The van der Waals surface area contributed by atoms with Crippen LogP contribution in [0.15, 0.2) is 182 Å². The van der Waals surface area contributed by atoms with E-state index in [1.165, 1.54) is 22.3 Å². The molecule has 0 amide bonds. The Labute approximate surface area is 295 Å². The van der Waals surface area contributed by atoms with Crippen molar-refractivity contribution >= 4 is 34.1 Å². The predicted molar refractivity (Wildman–Crippen MR) is 207 cm³/mol. The highest BCUT2D eigenvalue weighted by Gasteiger charge is 2.14. The summed E-state index contributed by atoms with van der Waals surface area (Å²) in [6, 6.07) is 64.1. The van der Waals surface area contributed by atoms with E-state index in [1.807, 2.05) is 36.4 Å². The van der Waals surface area contributed by atoms with Crippen molar-refractivity contribution in [3.8, 4) is 11.5 Å². The van der Waals surface area contributed by atoms with Gasteiger partial charge in [0.25, 0.3) is 0 Å². The normalized spacial score (nSPS) is 10.8. The lowest BCUT2D eigenvalue weighted by molar-refractivity contribution is 0.414. The maximum absolute atomic E-state index is 5.39. The van der Waals surface area contributed by atoms with Gasteiger partial charge < -0.3 is 19.3 Å². The zero-order chi connectivity index (χ0) is 34.1. The molecule has 7 rings (SSSR count). The maximum atomic E-state index is 5.39. The zero-order valence-electron chi connectivity index (χ0n) is 28.4. The molecule has 0 aliphatic carbocycles. The largest absolute Gasteiger partial charge is 0.497 e. The van der Waals surface area contributed by atoms with Gasteiger partial charge in [0.2, 0.25) is 0 Å². The van der Waals surface area contributed by atoms with Crippen LogP contribution in [-0.2, 0) is 12.8 Å². The summed E-state index contributed by atoms with van der Waals surface area (Å²) in [5.41, 5.74) is 11.8. The maximum Gasteiger partial charge on any atom is 0.119 e. The van der Waals surface area contributed by atoms with E-state index in [0.29, 0.717) is 0 Å². The van der Waals surface area contributed by atoms with Crippen molar-refractivity contribution in [2.75, 3.05) is 24.0 Å². The molecule has 0 atom stereocenters. The number of para-hydroxylation sites is 2. The van der Waals surface area contributed by atoms with Crippen LogP contribution in [0.4, 0.5) is 34.1 Å². The Morgan fingerprint density at radius 2 is 0.540 bits per heavy atom. The summed E-state index contributed by atoms with van der Waals surface area (Å²) in [6.07, 6.45) is 1.76. The van der Waals surface area contributed by atoms with E-state index in [-0.39, 0.29) is 0 Å². The molecule has 0 saturated heterocycles. The van der Waals surface area contributed by atoms with Gasteiger partial charge in [-0.3, -0.25) is 0 Å². The second-order valence-corrected chi connectivity index (χ2v) is 12.2. The highest BCUT2D eigenvalue weighted by molar-refractivity contribution is 5.78. The molecule has 4 nitrogen and oxygen atoms in total. The van der Waals surface area contributed by atoms with E-state index in [2.05, 4.69) is 155 Å². The average molecular weight is 653 g/mol. The van der Waals surface area contributed by atoms with Crippen LogP contribution in [0.25, 0.3) is 0 Å². The highest BCUT2D eigenvalue weighted by Crippen LogP contribution is 2.37. The summed E-state index contributed by atoms with van der Waals surface area (Å²) >= 11 is 0. The quantitative estimate of drug-likeness (QED) is 0.131. The summed E-state index contributed by atoms with van der Waals surface area (Å²) in [5.74, 6) is 1.69. The second kappa shape index (κ2) is 15.3. The fourth-order valence-electron chi connectivity index (χ4n) is 6.28. The molecule has 7 aromatic rings. The second-order valence-electron chi connectivity index (χ2n) is 12.2. The first-order valence-electron chi connectivity index (χ1n) is 16.9. The Balaban J connectivity index is 1.03. The molecular formula is C46H40N2O2. The average Bonchev–Trinajstić information content (AvgIpc) is 3.18. The fourth-order valence-corrected chi connectivity index (χ4v) is 6.28. The number of rotatable bonds is 12. The lowest BCUT2D eigenvalue weighted by atomic mass is 10.00. The molecule has 0 unspecified atom stereocenters. The van der Waals surface area contributed by atoms with Crippen molar-refractivity contribution in [3.63, 3.8) is 0 Å². The Kier molecular flexibility index (Phi) is 9.89. The molecule has 4 heteroatoms. The van der Waals surface area contributed by atoms with Crippen molar-refractivity contribution in [3.05, 3.63) is 204 Å². The van der Waals surface area contributed by atoms with Gasteiger partial charge in [-0.2, -0.15) is 0 Å². The van der Waals surface area contributed by atoms with Gasteiger partial charge in [-0.1, -0.05) is 84.9 Å². The van der Waals surface area contributed by atoms with E-state index >= 15 is 0 Å². The van der Waals surface area contributed by atoms with E-state index < -0.39 is 0 Å². The Bertz CT molecular complexity index is 1920. The van der Waals surface area contributed by atoms with Crippen molar-refractivity contribution in [1.82, 2.24) is 0 Å². The van der Waals surface area contributed by atoms with E-state index in [4.69, 9.17) is 9.47 Å². The molecule has 0 N–H and O–H groups in total. The first-order chi connectivity index (χ1) is 24.7. The molecule has 0 aliphatic heterocycles. The summed E-state index contributed by atoms with van der Waals surface area (Å²) in [7, 11) is 3.39. The lowest BCUT2D eigenvalue weighted by Crippen LogP contribution is -2.09. The molecule has 0 aliphatic rings. The molecule has 0 spiro atoms. The van der Waals surface area contributed by atoms with Gasteiger partial charge in [0.1, 0.15) is 11.5 Å². The van der Waals surface area contributed by atoms with Crippen LogP contribution in [0, 0.1) is 0 Å². The van der Waals surface area contributed by atoms with E-state index in [1.54, 1.807) is 14.2 Å². The van der Waals surface area contributed by atoms with Crippen LogP contribution >= 0.6 is 0 Å². The summed E-state index contributed by atoms with van der Waals surface area (Å²) in [6.45, 7) is 0. The topological polar surface area (TPSA) is 24.9 Å². The first-order valence-corrected chi connectivity index (χ1v) is 16.9. The Morgan fingerprint density at radius 1 is 0.300 bits per heavy atom. The summed E-state index contributed by atoms with van der Waals surface area (Å²) in [4.78, 5) is 4.53. The number of hydrogen-bond donors (Lipinski definition) is 0. The SMILES string of the molecule is COc1ccc(N(c2ccccc2)c2ccc(Cc3ccc(Cc4ccc(N(c5ccccc5)c5ccc(OC)cc5)cc4)cc3)cc2)cc1. The van der Waals surface area contributed by atoms with Gasteiger partial charge in [-0.05, 0) is 132 Å². The highest BCUT2D eigenvalue weighted by atomic mass is 16.5. The van der Waals surface area contributed by atoms with Gasteiger partial charge in [0.05, 0.1) is 14.2 Å². The zero-order valence-corrected chi connectivity index (χ0v) is 28.4. The minimum absolute atomic E-state index is 0.844. The summed E-state index contributed by atoms with van der Waals surface area (Å²) < 4.78 is 10.8. The van der Waals surface area contributed by atoms with Gasteiger partial charge in [-0.25, -0.2) is 0 Å². The van der Waals surface area contributed by atoms with Gasteiger partial charge >= 0.3 is 0 Å². The lowest BCUT2D eigenvalue weighted by Gasteiger charge is -2.25. The van der Waals surface area contributed by atoms with Gasteiger partial charge in [0, 0.05) is 34.1 Å². The van der Waals surface area contributed by atoms with Crippen molar-refractivity contribution in [2.24, 2.45) is 0 Å². The molecule has 0 radical (unpaired) electrons. The number of nitrogens with zero attached hydrogens (tertiary/aromatic N) is 2. The summed E-state index contributed by atoms with van der Waals surface area (Å²) in [5, 5.41) is 0. The molecule has 246 valence electrons. The number of ether oxygens (including phenoxy) is 2. The van der Waals surface area contributed by atoms with Crippen LogP contribution in [0.5, 0.6) is 11.5 Å². The van der Waals surface area contributed by atoms with Crippen LogP contribution in [-0.4, -0.2) is 14.2 Å². The minimum atomic E-state index is 0.844. The molecule has 0 bridgehead atoms. The first kappa shape index (κ1) is 32.3. The smallest absolute Gasteiger partial charge is 0.119 e. The third-order valence-corrected chi connectivity index (χ3v) is 8.92. The van der Waals surface area contributed by atoms with Gasteiger partial charge in [0.15, 0.2) is 0 Å². The number of methoxy groups -OCH3 is 2. The molecule has 0 fully saturated rings. The number of hydrogen-bond acceptors (Lipinski definition) is 4. The monoisotopic (exact) mass is 652 g/mol. The third kappa shape index (κ3) is 7.56. The van der Waals surface area contributed by atoms with E-state index in [9.17, 15) is 0 Å².